The topological polar surface area (TPSA) is 52.3 Å². The Balaban J connectivity index is 2.20. The highest BCUT2D eigenvalue weighted by molar-refractivity contribution is 5.75. The summed E-state index contributed by atoms with van der Waals surface area (Å²) in [6.45, 7) is 2.48. The second-order valence-electron chi connectivity index (χ2n) is 4.15. The van der Waals surface area contributed by atoms with Gasteiger partial charge in [0, 0.05) is 6.42 Å². The maximum atomic E-state index is 11.5. The number of esters is 1. The van der Waals surface area contributed by atoms with Crippen molar-refractivity contribution in [1.29, 1.82) is 0 Å². The summed E-state index contributed by atoms with van der Waals surface area (Å²) >= 11 is 0. The molecule has 0 bridgehead atoms. The molecule has 1 atom stereocenters. The van der Waals surface area contributed by atoms with Crippen LogP contribution in [-0.4, -0.2) is 18.6 Å². The summed E-state index contributed by atoms with van der Waals surface area (Å²) in [7, 11) is 0. The molecule has 1 aromatic rings. The first kappa shape index (κ1) is 13.7. The van der Waals surface area contributed by atoms with E-state index in [1.54, 1.807) is 0 Å². The van der Waals surface area contributed by atoms with Crippen molar-refractivity contribution in [2.45, 2.75) is 38.6 Å². The molecular weight excluding hydrogens is 214 g/mol. The molecule has 0 saturated heterocycles. The van der Waals surface area contributed by atoms with E-state index >= 15 is 0 Å². The van der Waals surface area contributed by atoms with Gasteiger partial charge in [-0.15, -0.1) is 0 Å². The number of carbonyl (C=O) groups is 1. The van der Waals surface area contributed by atoms with E-state index < -0.39 is 6.04 Å². The molecule has 94 valence electrons. The predicted octanol–water partition coefficient (Wildman–Crippen LogP) is 2.29. The third kappa shape index (κ3) is 5.50. The fraction of sp³-hybridized carbons (Fsp3) is 0.500. The maximum Gasteiger partial charge on any atom is 0.322 e. The van der Waals surface area contributed by atoms with Crippen LogP contribution in [0.2, 0.25) is 0 Å². The Morgan fingerprint density at radius 1 is 1.35 bits per heavy atom. The van der Waals surface area contributed by atoms with Gasteiger partial charge in [0.25, 0.3) is 0 Å². The summed E-state index contributed by atoms with van der Waals surface area (Å²) in [6.07, 6.45) is 3.47. The first-order valence-electron chi connectivity index (χ1n) is 6.20. The summed E-state index contributed by atoms with van der Waals surface area (Å²) in [5.41, 5.74) is 6.88. The van der Waals surface area contributed by atoms with Gasteiger partial charge in [0.1, 0.15) is 6.04 Å². The second kappa shape index (κ2) is 7.85. The lowest BCUT2D eigenvalue weighted by Crippen LogP contribution is -2.32. The van der Waals surface area contributed by atoms with Crippen LogP contribution in [0.25, 0.3) is 0 Å². The highest BCUT2D eigenvalue weighted by Gasteiger charge is 2.13. The molecule has 0 aliphatic carbocycles. The third-order valence-corrected chi connectivity index (χ3v) is 2.65. The van der Waals surface area contributed by atoms with Gasteiger partial charge in [0.2, 0.25) is 0 Å². The van der Waals surface area contributed by atoms with Gasteiger partial charge in [-0.25, -0.2) is 0 Å². The summed E-state index contributed by atoms with van der Waals surface area (Å²) in [5.74, 6) is -0.283. The van der Waals surface area contributed by atoms with E-state index in [4.69, 9.17) is 10.5 Å². The Morgan fingerprint density at radius 3 is 2.71 bits per heavy atom. The maximum absolute atomic E-state index is 11.5. The van der Waals surface area contributed by atoms with Crippen molar-refractivity contribution in [3.8, 4) is 0 Å². The fourth-order valence-electron chi connectivity index (χ4n) is 1.56. The Kier molecular flexibility index (Phi) is 6.33. The summed E-state index contributed by atoms with van der Waals surface area (Å²) in [6, 6.07) is 9.49. The SMILES string of the molecule is CCCCC(N)C(=O)OCCc1ccccc1. The number of benzene rings is 1. The summed E-state index contributed by atoms with van der Waals surface area (Å²) < 4.78 is 5.14. The van der Waals surface area contributed by atoms with E-state index in [1.807, 2.05) is 30.3 Å². The van der Waals surface area contributed by atoms with Crippen molar-refractivity contribution in [2.75, 3.05) is 6.61 Å². The van der Waals surface area contributed by atoms with Crippen molar-refractivity contribution < 1.29 is 9.53 Å². The predicted molar refractivity (Wildman–Crippen MR) is 68.6 cm³/mol. The molecule has 1 unspecified atom stereocenters. The van der Waals surface area contributed by atoms with Crippen LogP contribution < -0.4 is 5.73 Å². The quantitative estimate of drug-likeness (QED) is 0.738. The van der Waals surface area contributed by atoms with Crippen LogP contribution in [0.3, 0.4) is 0 Å². The van der Waals surface area contributed by atoms with E-state index in [0.717, 1.165) is 19.3 Å². The third-order valence-electron chi connectivity index (χ3n) is 2.65. The van der Waals surface area contributed by atoms with E-state index in [0.29, 0.717) is 13.0 Å². The zero-order valence-corrected chi connectivity index (χ0v) is 10.4. The lowest BCUT2D eigenvalue weighted by molar-refractivity contribution is -0.145. The Morgan fingerprint density at radius 2 is 2.06 bits per heavy atom. The number of unbranched alkanes of at least 4 members (excludes halogenated alkanes) is 1. The van der Waals surface area contributed by atoms with Crippen LogP contribution >= 0.6 is 0 Å². The van der Waals surface area contributed by atoms with Crippen LogP contribution in [0, 0.1) is 0 Å². The van der Waals surface area contributed by atoms with Crippen molar-refractivity contribution in [1.82, 2.24) is 0 Å². The van der Waals surface area contributed by atoms with Gasteiger partial charge in [-0.2, -0.15) is 0 Å². The van der Waals surface area contributed by atoms with Gasteiger partial charge in [-0.3, -0.25) is 4.79 Å². The zero-order chi connectivity index (χ0) is 12.5. The van der Waals surface area contributed by atoms with Crippen LogP contribution in [0.1, 0.15) is 31.7 Å². The van der Waals surface area contributed by atoms with Gasteiger partial charge in [-0.1, -0.05) is 50.1 Å². The van der Waals surface area contributed by atoms with Crippen molar-refractivity contribution >= 4 is 5.97 Å². The van der Waals surface area contributed by atoms with E-state index in [1.165, 1.54) is 5.56 Å². The number of hydrogen-bond acceptors (Lipinski definition) is 3. The molecule has 3 nitrogen and oxygen atoms in total. The first-order valence-corrected chi connectivity index (χ1v) is 6.20. The monoisotopic (exact) mass is 235 g/mol. The van der Waals surface area contributed by atoms with Crippen LogP contribution in [-0.2, 0) is 16.0 Å². The van der Waals surface area contributed by atoms with Gasteiger partial charge >= 0.3 is 5.97 Å². The molecule has 0 aliphatic heterocycles. The average molecular weight is 235 g/mol. The number of nitrogens with two attached hydrogens (primary N) is 1. The molecular formula is C14H21NO2. The molecule has 0 spiro atoms. The van der Waals surface area contributed by atoms with Crippen molar-refractivity contribution in [3.63, 3.8) is 0 Å². The van der Waals surface area contributed by atoms with E-state index in [9.17, 15) is 4.79 Å². The Bertz CT molecular complexity index is 324. The summed E-state index contributed by atoms with van der Waals surface area (Å²) in [4.78, 5) is 11.5. The largest absolute Gasteiger partial charge is 0.464 e. The molecule has 3 heteroatoms. The number of rotatable bonds is 7. The lowest BCUT2D eigenvalue weighted by atomic mass is 10.1. The molecule has 0 amide bonds. The standard InChI is InChI=1S/C14H21NO2/c1-2-3-9-13(15)14(16)17-11-10-12-7-5-4-6-8-12/h4-8,13H,2-3,9-11,15H2,1H3. The van der Waals surface area contributed by atoms with Gasteiger partial charge in [0.05, 0.1) is 6.61 Å². The minimum Gasteiger partial charge on any atom is -0.464 e. The van der Waals surface area contributed by atoms with E-state index in [2.05, 4.69) is 6.92 Å². The number of hydrogen-bond donors (Lipinski definition) is 1. The Hall–Kier alpha value is -1.35. The minimum atomic E-state index is -0.467. The highest BCUT2D eigenvalue weighted by atomic mass is 16.5. The number of ether oxygens (including phenoxy) is 1. The highest BCUT2D eigenvalue weighted by Crippen LogP contribution is 2.02. The molecule has 1 aromatic carbocycles. The molecule has 0 fully saturated rings. The van der Waals surface area contributed by atoms with Gasteiger partial charge in [0.15, 0.2) is 0 Å². The molecule has 0 radical (unpaired) electrons. The van der Waals surface area contributed by atoms with Gasteiger partial charge in [-0.05, 0) is 12.0 Å². The molecule has 0 heterocycles. The minimum absolute atomic E-state index is 0.283. The normalized spacial score (nSPS) is 12.1. The van der Waals surface area contributed by atoms with Crippen LogP contribution in [0.5, 0.6) is 0 Å². The van der Waals surface area contributed by atoms with Crippen LogP contribution in [0.15, 0.2) is 30.3 Å². The zero-order valence-electron chi connectivity index (χ0n) is 10.4. The smallest absolute Gasteiger partial charge is 0.322 e. The van der Waals surface area contributed by atoms with Crippen molar-refractivity contribution in [3.05, 3.63) is 35.9 Å². The van der Waals surface area contributed by atoms with Crippen molar-refractivity contribution in [2.24, 2.45) is 5.73 Å². The molecule has 1 rings (SSSR count). The second-order valence-corrected chi connectivity index (χ2v) is 4.15. The number of carbonyl (C=O) groups excluding carboxylic acids is 1. The van der Waals surface area contributed by atoms with Gasteiger partial charge < -0.3 is 10.5 Å². The first-order chi connectivity index (χ1) is 8.24. The average Bonchev–Trinajstić information content (AvgIpc) is 2.37. The van der Waals surface area contributed by atoms with Crippen LogP contribution in [0.4, 0.5) is 0 Å². The fourth-order valence-corrected chi connectivity index (χ4v) is 1.56. The lowest BCUT2D eigenvalue weighted by Gasteiger charge is -2.10. The molecule has 0 saturated carbocycles. The van der Waals surface area contributed by atoms with E-state index in [-0.39, 0.29) is 5.97 Å². The Labute approximate surface area is 103 Å². The molecule has 17 heavy (non-hydrogen) atoms. The molecule has 2 N–H and O–H groups in total. The molecule has 0 aliphatic rings. The summed E-state index contributed by atoms with van der Waals surface area (Å²) in [5, 5.41) is 0. The molecule has 0 aromatic heterocycles.